The number of nitrogens with zero attached hydrogens (tertiary/aromatic N) is 3. The molecular formula is C24H31ClN4O2. The molecule has 0 saturated heterocycles. The quantitative estimate of drug-likeness (QED) is 0.525. The van der Waals surface area contributed by atoms with Crippen LogP contribution < -0.4 is 17.7 Å². The van der Waals surface area contributed by atoms with Gasteiger partial charge in [0, 0.05) is 29.8 Å². The zero-order valence-corrected chi connectivity index (χ0v) is 19.4. The van der Waals surface area contributed by atoms with Gasteiger partial charge >= 0.3 is 5.91 Å². The van der Waals surface area contributed by atoms with Gasteiger partial charge in [0.1, 0.15) is 12.2 Å². The minimum absolute atomic E-state index is 0. The van der Waals surface area contributed by atoms with Crippen molar-refractivity contribution in [2.75, 3.05) is 32.7 Å². The van der Waals surface area contributed by atoms with Crippen LogP contribution in [-0.2, 0) is 4.79 Å². The molecule has 0 unspecified atom stereocenters. The van der Waals surface area contributed by atoms with Gasteiger partial charge in [-0.3, -0.25) is 4.79 Å². The van der Waals surface area contributed by atoms with Crippen molar-refractivity contribution in [1.29, 1.82) is 5.26 Å². The Balaban J connectivity index is 0.00000480. The Kier molecular flexibility index (Phi) is 10.9. The van der Waals surface area contributed by atoms with Gasteiger partial charge in [0.25, 0.3) is 5.91 Å². The molecular weight excluding hydrogens is 412 g/mol. The lowest BCUT2D eigenvalue weighted by atomic mass is 10.1. The summed E-state index contributed by atoms with van der Waals surface area (Å²) in [5, 5.41) is 10.6. The summed E-state index contributed by atoms with van der Waals surface area (Å²) in [4.78, 5) is 29.8. The number of likely N-dealkylation sites (N-methyl/N-ethyl adjacent to an activating group) is 1. The highest BCUT2D eigenvalue weighted by Gasteiger charge is 2.23. The molecule has 2 amide bonds. The summed E-state index contributed by atoms with van der Waals surface area (Å²) in [5.41, 5.74) is 3.97. The van der Waals surface area contributed by atoms with E-state index in [9.17, 15) is 9.59 Å². The third kappa shape index (κ3) is 7.48. The number of halogens is 1. The highest BCUT2D eigenvalue weighted by molar-refractivity contribution is 5.96. The molecule has 2 N–H and O–H groups in total. The van der Waals surface area contributed by atoms with E-state index in [-0.39, 0.29) is 30.8 Å². The molecule has 0 aliphatic carbocycles. The molecule has 31 heavy (non-hydrogen) atoms. The van der Waals surface area contributed by atoms with Crippen molar-refractivity contribution >= 4 is 17.5 Å². The second-order valence-electron chi connectivity index (χ2n) is 7.36. The van der Waals surface area contributed by atoms with Crippen molar-refractivity contribution in [1.82, 2.24) is 9.80 Å². The predicted octanol–water partition coefficient (Wildman–Crippen LogP) is -0.615. The number of aryl methyl sites for hydroxylation is 2. The molecule has 6 nitrogen and oxygen atoms in total. The Morgan fingerprint density at radius 3 is 2.06 bits per heavy atom. The maximum absolute atomic E-state index is 13.1. The molecule has 0 aliphatic rings. The normalized spacial score (nSPS) is 10.3. The fourth-order valence-electron chi connectivity index (χ4n) is 3.37. The first-order valence-electron chi connectivity index (χ1n) is 10.3. The van der Waals surface area contributed by atoms with Crippen LogP contribution in [0.5, 0.6) is 0 Å². The summed E-state index contributed by atoms with van der Waals surface area (Å²) in [7, 11) is 0. The number of nitrogens with two attached hydrogens (primary N) is 1. The van der Waals surface area contributed by atoms with Gasteiger partial charge in [-0.1, -0.05) is 32.0 Å². The van der Waals surface area contributed by atoms with Crippen LogP contribution in [0.2, 0.25) is 0 Å². The zero-order chi connectivity index (χ0) is 22.1. The molecule has 2 aromatic carbocycles. The molecule has 0 aliphatic heterocycles. The molecule has 2 rings (SSSR count). The number of para-hydroxylation sites is 1. The second kappa shape index (κ2) is 12.9. The Hall–Kier alpha value is -2.72. The molecule has 0 atom stereocenters. The van der Waals surface area contributed by atoms with E-state index < -0.39 is 0 Å². The summed E-state index contributed by atoms with van der Waals surface area (Å²) in [5.74, 6) is -0.302. The molecule has 0 fully saturated rings. The van der Waals surface area contributed by atoms with Gasteiger partial charge < -0.3 is 22.2 Å². The van der Waals surface area contributed by atoms with Crippen LogP contribution in [0.3, 0.4) is 0 Å². The van der Waals surface area contributed by atoms with Crippen LogP contribution in [0.15, 0.2) is 42.5 Å². The van der Waals surface area contributed by atoms with Gasteiger partial charge in [0.2, 0.25) is 0 Å². The van der Waals surface area contributed by atoms with Crippen LogP contribution >= 0.6 is 0 Å². The molecule has 7 heteroatoms. The summed E-state index contributed by atoms with van der Waals surface area (Å²) in [6.45, 7) is 11.1. The third-order valence-electron chi connectivity index (χ3n) is 5.32. The van der Waals surface area contributed by atoms with Crippen LogP contribution in [0.25, 0.3) is 0 Å². The summed E-state index contributed by atoms with van der Waals surface area (Å²) < 4.78 is 0. The highest BCUT2D eigenvalue weighted by atomic mass is 35.5. The average Bonchev–Trinajstić information content (AvgIpc) is 2.75. The fraction of sp³-hybridized carbons (Fsp3) is 0.375. The first-order valence-corrected chi connectivity index (χ1v) is 10.3. The number of carbonyl (C=O) groups excluding carboxylic acids is 2. The number of amides is 2. The minimum Gasteiger partial charge on any atom is -1.00 e. The number of primary amides is 1. The Morgan fingerprint density at radius 2 is 1.55 bits per heavy atom. The Morgan fingerprint density at radius 1 is 0.968 bits per heavy atom. The van der Waals surface area contributed by atoms with Crippen LogP contribution in [-0.4, -0.2) is 54.3 Å². The number of benzene rings is 2. The van der Waals surface area contributed by atoms with E-state index in [1.165, 1.54) is 0 Å². The monoisotopic (exact) mass is 442 g/mol. The molecule has 2 aromatic rings. The van der Waals surface area contributed by atoms with Crippen LogP contribution in [0, 0.1) is 25.2 Å². The van der Waals surface area contributed by atoms with E-state index in [0.29, 0.717) is 24.2 Å². The van der Waals surface area contributed by atoms with E-state index in [4.69, 9.17) is 5.26 Å². The first-order chi connectivity index (χ1) is 14.4. The molecule has 0 bridgehead atoms. The summed E-state index contributed by atoms with van der Waals surface area (Å²) in [6, 6.07) is 14.5. The smallest absolute Gasteiger partial charge is 0.334 e. The maximum atomic E-state index is 13.1. The second-order valence-corrected chi connectivity index (χ2v) is 7.36. The first kappa shape index (κ1) is 26.3. The summed E-state index contributed by atoms with van der Waals surface area (Å²) in [6.07, 6.45) is 0. The number of rotatable bonds is 9. The van der Waals surface area contributed by atoms with E-state index >= 15 is 0 Å². The molecule has 0 aromatic heterocycles. The lowest BCUT2D eigenvalue weighted by Gasteiger charge is -2.25. The standard InChI is InChI=1S/C24H30N4O2.ClH/c1-5-27(6-2)14-15-28(24(30)21-12-10-20(16-25)11-13-21)17-22(29)26-23-18(3)8-7-9-19(23)4;/h7-13H,5-6,14-15,17H2,1-4H3,(H,26,29);1H. The topological polar surface area (TPSA) is 81.0 Å². The fourth-order valence-corrected chi connectivity index (χ4v) is 3.37. The van der Waals surface area contributed by atoms with Gasteiger partial charge in [-0.25, -0.2) is 10.1 Å². The highest BCUT2D eigenvalue weighted by Crippen LogP contribution is 2.13. The number of carbonyl (C=O) groups is 2. The van der Waals surface area contributed by atoms with Crippen molar-refractivity contribution in [2.24, 2.45) is 0 Å². The molecule has 0 heterocycles. The third-order valence-corrected chi connectivity index (χ3v) is 5.32. The maximum Gasteiger partial charge on any atom is 0.334 e. The number of quaternary nitrogens is 1. The summed E-state index contributed by atoms with van der Waals surface area (Å²) >= 11 is 0. The van der Waals surface area contributed by atoms with E-state index in [1.807, 2.05) is 32.0 Å². The Labute approximate surface area is 191 Å². The SMILES string of the molecule is CCN(CC)CCN(CC(=O)[NH2+]c1c(C)cccc1C)C(=O)c1ccc(C#N)cc1.[Cl-]. The van der Waals surface area contributed by atoms with Crippen molar-refractivity contribution in [3.63, 3.8) is 0 Å². The van der Waals surface area contributed by atoms with E-state index in [2.05, 4.69) is 24.8 Å². The zero-order valence-electron chi connectivity index (χ0n) is 18.7. The molecule has 0 radical (unpaired) electrons. The largest absolute Gasteiger partial charge is 1.00 e. The van der Waals surface area contributed by atoms with Crippen LogP contribution in [0.1, 0.15) is 40.9 Å². The minimum atomic E-state index is -0.199. The van der Waals surface area contributed by atoms with Gasteiger partial charge in [-0.05, 0) is 51.2 Å². The van der Waals surface area contributed by atoms with Gasteiger partial charge in [0.05, 0.1) is 11.6 Å². The average molecular weight is 443 g/mol. The van der Waals surface area contributed by atoms with E-state index in [0.717, 1.165) is 29.9 Å². The van der Waals surface area contributed by atoms with Crippen LogP contribution in [0.4, 0.5) is 5.69 Å². The number of nitriles is 1. The van der Waals surface area contributed by atoms with Crippen molar-refractivity contribution in [3.8, 4) is 6.07 Å². The Bertz CT molecular complexity index is 898. The van der Waals surface area contributed by atoms with E-state index in [1.54, 1.807) is 34.5 Å². The lowest BCUT2D eigenvalue weighted by molar-refractivity contribution is -0.484. The molecule has 166 valence electrons. The van der Waals surface area contributed by atoms with Crippen molar-refractivity contribution < 1.29 is 27.3 Å². The number of hydrogen-bond donors (Lipinski definition) is 1. The molecule has 0 saturated carbocycles. The lowest BCUT2D eigenvalue weighted by Crippen LogP contribution is -3.00. The molecule has 0 spiro atoms. The van der Waals surface area contributed by atoms with Crippen molar-refractivity contribution in [2.45, 2.75) is 27.7 Å². The van der Waals surface area contributed by atoms with Gasteiger partial charge in [0.15, 0.2) is 0 Å². The number of hydrogen-bond acceptors (Lipinski definition) is 4. The predicted molar refractivity (Wildman–Crippen MR) is 117 cm³/mol. The van der Waals surface area contributed by atoms with Crippen molar-refractivity contribution in [3.05, 3.63) is 64.7 Å². The van der Waals surface area contributed by atoms with Gasteiger partial charge in [-0.15, -0.1) is 0 Å². The van der Waals surface area contributed by atoms with Gasteiger partial charge in [-0.2, -0.15) is 5.26 Å².